The molecule has 0 bridgehead atoms. The number of amides is 2. The van der Waals surface area contributed by atoms with Crippen LogP contribution in [-0.2, 0) is 16.1 Å². The zero-order valence-electron chi connectivity index (χ0n) is 9.69. The Morgan fingerprint density at radius 1 is 1.44 bits per heavy atom. The fourth-order valence-electron chi connectivity index (χ4n) is 1.87. The third-order valence-electron chi connectivity index (χ3n) is 2.93. The molecule has 2 rings (SSSR count). The second kappa shape index (κ2) is 4.72. The zero-order chi connectivity index (χ0) is 13.3. The molecule has 1 aromatic rings. The van der Waals surface area contributed by atoms with Gasteiger partial charge in [-0.1, -0.05) is 18.2 Å². The van der Waals surface area contributed by atoms with E-state index >= 15 is 0 Å². The van der Waals surface area contributed by atoms with E-state index in [0.29, 0.717) is 11.3 Å². The van der Waals surface area contributed by atoms with Crippen molar-refractivity contribution < 1.29 is 18.4 Å². The van der Waals surface area contributed by atoms with Crippen LogP contribution < -0.4 is 5.32 Å². The Bertz CT molecular complexity index is 491. The quantitative estimate of drug-likeness (QED) is 0.828. The van der Waals surface area contributed by atoms with E-state index in [1.54, 1.807) is 24.3 Å². The van der Waals surface area contributed by atoms with E-state index in [1.807, 2.05) is 0 Å². The first-order valence-corrected chi connectivity index (χ1v) is 5.48. The minimum Gasteiger partial charge on any atom is -0.324 e. The molecule has 0 aromatic heterocycles. The molecule has 1 aliphatic heterocycles. The highest BCUT2D eigenvalue weighted by Gasteiger charge is 2.33. The van der Waals surface area contributed by atoms with Gasteiger partial charge in [0.25, 0.3) is 5.91 Å². The lowest BCUT2D eigenvalue weighted by Crippen LogP contribution is -2.45. The van der Waals surface area contributed by atoms with Crippen LogP contribution in [0.2, 0.25) is 0 Å². The van der Waals surface area contributed by atoms with Crippen LogP contribution in [0.15, 0.2) is 24.3 Å². The number of carbonyl (C=O) groups excluding carboxylic acids is 2. The number of fused-ring (bicyclic) bond motifs is 1. The lowest BCUT2D eigenvalue weighted by atomic mass is 10.1. The first-order valence-electron chi connectivity index (χ1n) is 5.48. The molecule has 0 aliphatic carbocycles. The molecule has 1 N–H and O–H groups in total. The van der Waals surface area contributed by atoms with Crippen LogP contribution in [0.1, 0.15) is 12.5 Å². The molecule has 0 saturated carbocycles. The van der Waals surface area contributed by atoms with E-state index in [1.165, 1.54) is 6.92 Å². The van der Waals surface area contributed by atoms with E-state index in [-0.39, 0.29) is 6.54 Å². The summed E-state index contributed by atoms with van der Waals surface area (Å²) in [6, 6.07) is 5.91. The smallest absolute Gasteiger partial charge is 0.315 e. The minimum absolute atomic E-state index is 0.000741. The number of anilines is 1. The third kappa shape index (κ3) is 2.18. The van der Waals surface area contributed by atoms with Crippen LogP contribution in [0.25, 0.3) is 0 Å². The van der Waals surface area contributed by atoms with Crippen LogP contribution in [0, 0.1) is 0 Å². The summed E-state index contributed by atoms with van der Waals surface area (Å²) in [5.74, 6) is -1.79. The number of carbonyl (C=O) groups is 2. The summed E-state index contributed by atoms with van der Waals surface area (Å²) in [7, 11) is 0. The van der Waals surface area contributed by atoms with Gasteiger partial charge >= 0.3 is 6.43 Å². The Morgan fingerprint density at radius 2 is 2.11 bits per heavy atom. The SMILES string of the molecule is CC1C(=O)Nc2ccccc2CN1C(=O)C(F)F. The maximum absolute atomic E-state index is 12.5. The minimum atomic E-state index is -3.11. The predicted octanol–water partition coefficient (Wildman–Crippen LogP) is 1.62. The van der Waals surface area contributed by atoms with Crippen molar-refractivity contribution in [1.82, 2.24) is 4.90 Å². The summed E-state index contributed by atoms with van der Waals surface area (Å²) in [5.41, 5.74) is 1.20. The van der Waals surface area contributed by atoms with Crippen LogP contribution >= 0.6 is 0 Å². The van der Waals surface area contributed by atoms with Gasteiger partial charge in [-0.15, -0.1) is 0 Å². The Morgan fingerprint density at radius 3 is 2.78 bits per heavy atom. The number of nitrogens with one attached hydrogen (secondary N) is 1. The maximum Gasteiger partial charge on any atom is 0.315 e. The fourth-order valence-corrected chi connectivity index (χ4v) is 1.87. The summed E-state index contributed by atoms with van der Waals surface area (Å²) in [6.07, 6.45) is -3.11. The van der Waals surface area contributed by atoms with E-state index in [2.05, 4.69) is 5.32 Å². The predicted molar refractivity (Wildman–Crippen MR) is 61.1 cm³/mol. The lowest BCUT2D eigenvalue weighted by molar-refractivity contribution is -0.148. The van der Waals surface area contributed by atoms with Gasteiger partial charge in [0.15, 0.2) is 0 Å². The molecule has 0 saturated heterocycles. The van der Waals surface area contributed by atoms with Gasteiger partial charge in [-0.2, -0.15) is 8.78 Å². The standard InChI is InChI=1S/C12H12F2N2O2/c1-7-11(17)15-9-5-3-2-4-8(9)6-16(7)12(18)10(13)14/h2-5,7,10H,6H2,1H3,(H,15,17). The molecule has 1 heterocycles. The molecule has 1 aromatic carbocycles. The molecule has 96 valence electrons. The monoisotopic (exact) mass is 254 g/mol. The molecule has 0 radical (unpaired) electrons. The van der Waals surface area contributed by atoms with Gasteiger partial charge < -0.3 is 10.2 Å². The highest BCUT2D eigenvalue weighted by atomic mass is 19.3. The summed E-state index contributed by atoms with van der Waals surface area (Å²) < 4.78 is 25.0. The molecule has 4 nitrogen and oxygen atoms in total. The zero-order valence-corrected chi connectivity index (χ0v) is 9.69. The highest BCUT2D eigenvalue weighted by molar-refractivity contribution is 5.98. The molecule has 18 heavy (non-hydrogen) atoms. The Labute approximate surface area is 103 Å². The summed E-state index contributed by atoms with van der Waals surface area (Å²) in [6.45, 7) is 1.43. The maximum atomic E-state index is 12.5. The molecule has 0 fully saturated rings. The number of para-hydroxylation sites is 1. The number of halogens is 2. The molecular formula is C12H12F2N2O2. The van der Waals surface area contributed by atoms with E-state index in [9.17, 15) is 18.4 Å². The molecule has 1 aliphatic rings. The fraction of sp³-hybridized carbons (Fsp3) is 0.333. The number of alkyl halides is 2. The summed E-state index contributed by atoms with van der Waals surface area (Å²) in [4.78, 5) is 24.1. The number of benzene rings is 1. The summed E-state index contributed by atoms with van der Waals surface area (Å²) >= 11 is 0. The average Bonchev–Trinajstić information content (AvgIpc) is 2.47. The largest absolute Gasteiger partial charge is 0.324 e. The van der Waals surface area contributed by atoms with Crippen LogP contribution in [0.5, 0.6) is 0 Å². The van der Waals surface area contributed by atoms with E-state index in [4.69, 9.17) is 0 Å². The van der Waals surface area contributed by atoms with Crippen molar-refractivity contribution in [1.29, 1.82) is 0 Å². The van der Waals surface area contributed by atoms with Gasteiger partial charge in [-0.25, -0.2) is 0 Å². The first kappa shape index (κ1) is 12.5. The average molecular weight is 254 g/mol. The molecular weight excluding hydrogens is 242 g/mol. The van der Waals surface area contributed by atoms with Crippen molar-refractivity contribution in [2.24, 2.45) is 0 Å². The van der Waals surface area contributed by atoms with Gasteiger partial charge in [0, 0.05) is 12.2 Å². The Hall–Kier alpha value is -1.98. The molecule has 1 atom stereocenters. The number of rotatable bonds is 1. The van der Waals surface area contributed by atoms with Crippen molar-refractivity contribution in [2.75, 3.05) is 5.32 Å². The van der Waals surface area contributed by atoms with Crippen molar-refractivity contribution in [3.05, 3.63) is 29.8 Å². The van der Waals surface area contributed by atoms with Gasteiger partial charge in [0.1, 0.15) is 6.04 Å². The number of hydrogen-bond donors (Lipinski definition) is 1. The topological polar surface area (TPSA) is 49.4 Å². The van der Waals surface area contributed by atoms with Crippen molar-refractivity contribution in [3.63, 3.8) is 0 Å². The molecule has 6 heteroatoms. The second-order valence-corrected chi connectivity index (χ2v) is 4.09. The van der Waals surface area contributed by atoms with Crippen LogP contribution in [0.4, 0.5) is 14.5 Å². The van der Waals surface area contributed by atoms with Crippen molar-refractivity contribution in [2.45, 2.75) is 25.9 Å². The lowest BCUT2D eigenvalue weighted by Gasteiger charge is -2.25. The molecule has 0 spiro atoms. The Kier molecular flexibility index (Phi) is 3.27. The van der Waals surface area contributed by atoms with Crippen LogP contribution in [0.3, 0.4) is 0 Å². The number of hydrogen-bond acceptors (Lipinski definition) is 2. The van der Waals surface area contributed by atoms with Gasteiger partial charge in [0.2, 0.25) is 5.91 Å². The second-order valence-electron chi connectivity index (χ2n) is 4.09. The van der Waals surface area contributed by atoms with E-state index < -0.39 is 24.3 Å². The van der Waals surface area contributed by atoms with E-state index in [0.717, 1.165) is 4.90 Å². The van der Waals surface area contributed by atoms with Gasteiger partial charge in [0.05, 0.1) is 0 Å². The normalized spacial score (nSPS) is 19.2. The van der Waals surface area contributed by atoms with Gasteiger partial charge in [-0.3, -0.25) is 9.59 Å². The van der Waals surface area contributed by atoms with Gasteiger partial charge in [-0.05, 0) is 18.6 Å². The van der Waals surface area contributed by atoms with Crippen molar-refractivity contribution in [3.8, 4) is 0 Å². The molecule has 1 unspecified atom stereocenters. The van der Waals surface area contributed by atoms with Crippen LogP contribution in [-0.4, -0.2) is 29.2 Å². The Balaban J connectivity index is 2.38. The first-order chi connectivity index (χ1) is 8.50. The molecule has 2 amide bonds. The third-order valence-corrected chi connectivity index (χ3v) is 2.93. The highest BCUT2D eigenvalue weighted by Crippen LogP contribution is 2.23. The van der Waals surface area contributed by atoms with Crippen molar-refractivity contribution >= 4 is 17.5 Å². The number of nitrogens with zero attached hydrogens (tertiary/aromatic N) is 1. The summed E-state index contributed by atoms with van der Waals surface area (Å²) in [5, 5.41) is 2.62.